The van der Waals surface area contributed by atoms with Crippen LogP contribution < -0.4 is 5.32 Å². The van der Waals surface area contributed by atoms with Gasteiger partial charge in [-0.15, -0.1) is 0 Å². The number of nitrogens with one attached hydrogen (secondary N) is 1. The van der Waals surface area contributed by atoms with Crippen molar-refractivity contribution in [3.63, 3.8) is 0 Å². The van der Waals surface area contributed by atoms with Crippen LogP contribution in [0.4, 0.5) is 5.69 Å². The standard InChI is InChI=1S/C18H26ClN3/c1-5-11-18(4,22(6-2)7-3)21-16-10-12-20-17-13-14(19)8-9-15(16)17/h8-10,12-13H,5-7,11H2,1-4H3,(H,20,21). The molecule has 0 aliphatic carbocycles. The van der Waals surface area contributed by atoms with E-state index >= 15 is 0 Å². The summed E-state index contributed by atoms with van der Waals surface area (Å²) in [5, 5.41) is 5.60. The normalized spacial score (nSPS) is 14.3. The second kappa shape index (κ2) is 7.30. The Morgan fingerprint density at radius 2 is 1.91 bits per heavy atom. The predicted molar refractivity (Wildman–Crippen MR) is 96.6 cm³/mol. The third-order valence-corrected chi connectivity index (χ3v) is 4.54. The first-order chi connectivity index (χ1) is 10.5. The van der Waals surface area contributed by atoms with Crippen LogP contribution >= 0.6 is 11.6 Å². The number of anilines is 1. The van der Waals surface area contributed by atoms with Gasteiger partial charge in [-0.1, -0.05) is 38.8 Å². The van der Waals surface area contributed by atoms with Crippen molar-refractivity contribution in [1.82, 2.24) is 9.88 Å². The van der Waals surface area contributed by atoms with Gasteiger partial charge in [-0.2, -0.15) is 0 Å². The number of aromatic nitrogens is 1. The minimum absolute atomic E-state index is 0.0633. The van der Waals surface area contributed by atoms with E-state index < -0.39 is 0 Å². The quantitative estimate of drug-likeness (QED) is 0.715. The maximum Gasteiger partial charge on any atom is 0.0877 e. The molecule has 1 N–H and O–H groups in total. The molecule has 4 heteroatoms. The summed E-state index contributed by atoms with van der Waals surface area (Å²) in [6.07, 6.45) is 4.07. The fourth-order valence-corrected chi connectivity index (χ4v) is 3.39. The van der Waals surface area contributed by atoms with E-state index in [2.05, 4.69) is 42.9 Å². The maximum absolute atomic E-state index is 6.08. The second-order valence-corrected chi connectivity index (χ2v) is 6.28. The average Bonchev–Trinajstić information content (AvgIpc) is 2.48. The zero-order valence-corrected chi connectivity index (χ0v) is 14.7. The molecule has 2 rings (SSSR count). The Labute approximate surface area is 138 Å². The fraction of sp³-hybridized carbons (Fsp3) is 0.500. The highest BCUT2D eigenvalue weighted by molar-refractivity contribution is 6.31. The lowest BCUT2D eigenvalue weighted by molar-refractivity contribution is 0.133. The van der Waals surface area contributed by atoms with Crippen LogP contribution in [-0.2, 0) is 0 Å². The molecule has 1 aromatic carbocycles. The topological polar surface area (TPSA) is 28.2 Å². The van der Waals surface area contributed by atoms with Gasteiger partial charge in [-0.05, 0) is 50.7 Å². The molecule has 2 aromatic rings. The molecule has 3 nitrogen and oxygen atoms in total. The Balaban J connectivity index is 2.42. The molecule has 0 spiro atoms. The molecule has 22 heavy (non-hydrogen) atoms. The van der Waals surface area contributed by atoms with Crippen LogP contribution in [0, 0.1) is 0 Å². The Bertz CT molecular complexity index is 625. The van der Waals surface area contributed by atoms with Crippen LogP contribution in [0.3, 0.4) is 0 Å². The molecule has 1 atom stereocenters. The van der Waals surface area contributed by atoms with E-state index in [0.29, 0.717) is 0 Å². The second-order valence-electron chi connectivity index (χ2n) is 5.84. The van der Waals surface area contributed by atoms with Gasteiger partial charge in [-0.25, -0.2) is 0 Å². The minimum Gasteiger partial charge on any atom is -0.367 e. The number of fused-ring (bicyclic) bond motifs is 1. The summed E-state index contributed by atoms with van der Waals surface area (Å²) >= 11 is 6.08. The number of hydrogen-bond acceptors (Lipinski definition) is 3. The Hall–Kier alpha value is -1.32. The Kier molecular flexibility index (Phi) is 5.65. The smallest absolute Gasteiger partial charge is 0.0877 e. The van der Waals surface area contributed by atoms with Gasteiger partial charge in [0, 0.05) is 22.3 Å². The number of pyridine rings is 1. The molecule has 0 saturated carbocycles. The van der Waals surface area contributed by atoms with Gasteiger partial charge in [0.15, 0.2) is 0 Å². The van der Waals surface area contributed by atoms with Crippen LogP contribution in [0.1, 0.15) is 40.5 Å². The monoisotopic (exact) mass is 319 g/mol. The number of nitrogens with zero attached hydrogens (tertiary/aromatic N) is 2. The van der Waals surface area contributed by atoms with Gasteiger partial charge in [-0.3, -0.25) is 9.88 Å². The average molecular weight is 320 g/mol. The molecule has 120 valence electrons. The first-order valence-corrected chi connectivity index (χ1v) is 8.49. The van der Waals surface area contributed by atoms with Gasteiger partial charge in [0.1, 0.15) is 0 Å². The zero-order valence-electron chi connectivity index (χ0n) is 14.0. The van der Waals surface area contributed by atoms with E-state index in [9.17, 15) is 0 Å². The third-order valence-electron chi connectivity index (χ3n) is 4.31. The Morgan fingerprint density at radius 1 is 1.18 bits per heavy atom. The highest BCUT2D eigenvalue weighted by Crippen LogP contribution is 2.29. The highest BCUT2D eigenvalue weighted by Gasteiger charge is 2.29. The summed E-state index contributed by atoms with van der Waals surface area (Å²) in [5.74, 6) is 0. The number of hydrogen-bond donors (Lipinski definition) is 1. The number of rotatable bonds is 7. The van der Waals surface area contributed by atoms with Gasteiger partial charge in [0.2, 0.25) is 0 Å². The van der Waals surface area contributed by atoms with Crippen molar-refractivity contribution in [2.45, 2.75) is 46.2 Å². The lowest BCUT2D eigenvalue weighted by Crippen LogP contribution is -2.52. The summed E-state index contributed by atoms with van der Waals surface area (Å²) in [4.78, 5) is 6.90. The molecule has 0 radical (unpaired) electrons. The van der Waals surface area contributed by atoms with E-state index in [4.69, 9.17) is 11.6 Å². The first-order valence-electron chi connectivity index (χ1n) is 8.11. The van der Waals surface area contributed by atoms with Crippen molar-refractivity contribution in [3.8, 4) is 0 Å². The summed E-state index contributed by atoms with van der Waals surface area (Å²) in [6, 6.07) is 7.93. The molecule has 0 aliphatic rings. The summed E-state index contributed by atoms with van der Waals surface area (Å²) in [5.41, 5.74) is 1.98. The molecule has 1 unspecified atom stereocenters. The molecule has 0 bridgehead atoms. The van der Waals surface area contributed by atoms with Crippen molar-refractivity contribution in [1.29, 1.82) is 0 Å². The van der Waals surface area contributed by atoms with E-state index in [0.717, 1.165) is 47.5 Å². The van der Waals surface area contributed by atoms with Gasteiger partial charge in [0.05, 0.1) is 11.2 Å². The minimum atomic E-state index is -0.0633. The van der Waals surface area contributed by atoms with Crippen LogP contribution in [0.15, 0.2) is 30.5 Å². The Morgan fingerprint density at radius 3 is 2.55 bits per heavy atom. The van der Waals surface area contributed by atoms with Crippen molar-refractivity contribution < 1.29 is 0 Å². The van der Waals surface area contributed by atoms with Crippen molar-refractivity contribution in [2.75, 3.05) is 18.4 Å². The number of benzene rings is 1. The van der Waals surface area contributed by atoms with Gasteiger partial charge < -0.3 is 5.32 Å². The first kappa shape index (κ1) is 17.0. The fourth-order valence-electron chi connectivity index (χ4n) is 3.23. The van der Waals surface area contributed by atoms with Crippen molar-refractivity contribution in [2.24, 2.45) is 0 Å². The molecular formula is C18H26ClN3. The van der Waals surface area contributed by atoms with Crippen LogP contribution in [0.2, 0.25) is 5.02 Å². The van der Waals surface area contributed by atoms with E-state index in [1.807, 2.05) is 30.5 Å². The van der Waals surface area contributed by atoms with E-state index in [-0.39, 0.29) is 5.66 Å². The van der Waals surface area contributed by atoms with E-state index in [1.165, 1.54) is 0 Å². The van der Waals surface area contributed by atoms with E-state index in [1.54, 1.807) is 0 Å². The van der Waals surface area contributed by atoms with Crippen LogP contribution in [0.25, 0.3) is 10.9 Å². The summed E-state index contributed by atoms with van der Waals surface area (Å²) in [7, 11) is 0. The molecule has 1 heterocycles. The largest absolute Gasteiger partial charge is 0.367 e. The predicted octanol–water partition coefficient (Wildman–Crippen LogP) is 5.16. The lowest BCUT2D eigenvalue weighted by Gasteiger charge is -2.42. The number of halogens is 1. The van der Waals surface area contributed by atoms with Crippen LogP contribution in [-0.4, -0.2) is 28.6 Å². The van der Waals surface area contributed by atoms with Crippen molar-refractivity contribution in [3.05, 3.63) is 35.5 Å². The molecule has 0 saturated heterocycles. The SMILES string of the molecule is CCCC(C)(Nc1ccnc2cc(Cl)ccc12)N(CC)CC. The van der Waals surface area contributed by atoms with Gasteiger partial charge >= 0.3 is 0 Å². The van der Waals surface area contributed by atoms with Crippen LogP contribution in [0.5, 0.6) is 0 Å². The molecular weight excluding hydrogens is 294 g/mol. The lowest BCUT2D eigenvalue weighted by atomic mass is 10.0. The summed E-state index contributed by atoms with van der Waals surface area (Å²) in [6.45, 7) is 11.0. The maximum atomic E-state index is 6.08. The van der Waals surface area contributed by atoms with Gasteiger partial charge in [0.25, 0.3) is 0 Å². The molecule has 1 aromatic heterocycles. The van der Waals surface area contributed by atoms with Crippen molar-refractivity contribution >= 4 is 28.2 Å². The third kappa shape index (κ3) is 3.53. The zero-order chi connectivity index (χ0) is 16.2. The highest BCUT2D eigenvalue weighted by atomic mass is 35.5. The molecule has 0 aliphatic heterocycles. The summed E-state index contributed by atoms with van der Waals surface area (Å²) < 4.78 is 0. The molecule has 0 amide bonds. The molecule has 0 fully saturated rings.